The third-order valence-electron chi connectivity index (χ3n) is 3.63. The fourth-order valence-corrected chi connectivity index (χ4v) is 4.29. The van der Waals surface area contributed by atoms with Gasteiger partial charge >= 0.3 is 0 Å². The molecule has 0 aliphatic rings. The first-order chi connectivity index (χ1) is 11.9. The van der Waals surface area contributed by atoms with Crippen LogP contribution in [0.15, 0.2) is 64.3 Å². The topological polar surface area (TPSA) is 71.1 Å². The van der Waals surface area contributed by atoms with Crippen LogP contribution in [0.2, 0.25) is 0 Å². The molecule has 0 spiro atoms. The van der Waals surface area contributed by atoms with Crippen LogP contribution in [0.1, 0.15) is 25.3 Å². The number of sulfonamides is 1. The summed E-state index contributed by atoms with van der Waals surface area (Å²) in [5, 5.41) is 4.93. The van der Waals surface area contributed by atoms with Gasteiger partial charge in [0.15, 0.2) is 0 Å². The van der Waals surface area contributed by atoms with Crippen molar-refractivity contribution in [3.63, 3.8) is 0 Å². The quantitative estimate of drug-likeness (QED) is 0.650. The minimum absolute atomic E-state index is 0.278. The number of nitrogens with zero attached hydrogens (tertiary/aromatic N) is 1. The summed E-state index contributed by atoms with van der Waals surface area (Å²) < 4.78 is 27.2. The molecule has 0 saturated carbocycles. The third-order valence-corrected chi connectivity index (χ3v) is 6.40. The van der Waals surface area contributed by atoms with Crippen LogP contribution in [0, 0.1) is 0 Å². The van der Waals surface area contributed by atoms with Gasteiger partial charge in [0.25, 0.3) is 10.0 Å². The van der Waals surface area contributed by atoms with Crippen molar-refractivity contribution in [2.24, 2.45) is 0 Å². The Labute approximate surface area is 151 Å². The Kier molecular flexibility index (Phi) is 5.06. The molecule has 5 nitrogen and oxygen atoms in total. The minimum atomic E-state index is -3.55. The van der Waals surface area contributed by atoms with E-state index in [9.17, 15) is 8.42 Å². The number of anilines is 3. The van der Waals surface area contributed by atoms with Crippen LogP contribution in [-0.4, -0.2) is 13.4 Å². The second-order valence-electron chi connectivity index (χ2n) is 5.87. The maximum Gasteiger partial charge on any atom is 0.271 e. The predicted molar refractivity (Wildman–Crippen MR) is 103 cm³/mol. The first-order valence-electron chi connectivity index (χ1n) is 7.83. The summed E-state index contributed by atoms with van der Waals surface area (Å²) in [6, 6.07) is 14.9. The molecule has 0 aliphatic heterocycles. The number of benzene rings is 1. The van der Waals surface area contributed by atoms with Crippen molar-refractivity contribution in [1.29, 1.82) is 0 Å². The number of hydrogen-bond donors (Lipinski definition) is 2. The second kappa shape index (κ2) is 7.25. The van der Waals surface area contributed by atoms with Gasteiger partial charge in [-0.25, -0.2) is 13.4 Å². The maximum absolute atomic E-state index is 12.2. The highest BCUT2D eigenvalue weighted by molar-refractivity contribution is 7.94. The van der Waals surface area contributed by atoms with Crippen molar-refractivity contribution in [2.45, 2.75) is 24.0 Å². The molecule has 0 amide bonds. The molecular formula is C18H19N3O2S2. The lowest BCUT2D eigenvalue weighted by molar-refractivity contribution is 0.603. The highest BCUT2D eigenvalue weighted by atomic mass is 32.2. The molecule has 3 aromatic rings. The van der Waals surface area contributed by atoms with E-state index in [1.165, 1.54) is 23.1 Å². The zero-order chi connectivity index (χ0) is 17.9. The van der Waals surface area contributed by atoms with E-state index in [4.69, 9.17) is 0 Å². The third kappa shape index (κ3) is 4.37. The summed E-state index contributed by atoms with van der Waals surface area (Å²) in [7, 11) is -3.55. The van der Waals surface area contributed by atoms with Gasteiger partial charge in [0.2, 0.25) is 0 Å². The highest BCUT2D eigenvalue weighted by Gasteiger charge is 2.15. The maximum atomic E-state index is 12.2. The first-order valence-corrected chi connectivity index (χ1v) is 10.2. The Balaban J connectivity index is 1.68. The second-order valence-corrected chi connectivity index (χ2v) is 8.73. The van der Waals surface area contributed by atoms with E-state index >= 15 is 0 Å². The average molecular weight is 374 g/mol. The van der Waals surface area contributed by atoms with Crippen molar-refractivity contribution in [3.05, 3.63) is 65.7 Å². The smallest absolute Gasteiger partial charge is 0.271 e. The minimum Gasteiger partial charge on any atom is -0.340 e. The lowest BCUT2D eigenvalue weighted by Crippen LogP contribution is -2.11. The Morgan fingerprint density at radius 1 is 1.00 bits per heavy atom. The Bertz CT molecular complexity index is 917. The zero-order valence-corrected chi connectivity index (χ0v) is 15.6. The van der Waals surface area contributed by atoms with Gasteiger partial charge in [0.05, 0.1) is 11.9 Å². The number of thiophene rings is 1. The molecule has 3 rings (SSSR count). The van der Waals surface area contributed by atoms with Gasteiger partial charge in [-0.2, -0.15) is 0 Å². The van der Waals surface area contributed by atoms with Crippen molar-refractivity contribution in [1.82, 2.24) is 4.98 Å². The molecule has 0 unspecified atom stereocenters. The predicted octanol–water partition coefficient (Wildman–Crippen LogP) is 4.81. The molecule has 0 atom stereocenters. The van der Waals surface area contributed by atoms with E-state index < -0.39 is 10.0 Å². The van der Waals surface area contributed by atoms with Crippen molar-refractivity contribution >= 4 is 38.6 Å². The van der Waals surface area contributed by atoms with Gasteiger partial charge in [-0.05, 0) is 47.2 Å². The van der Waals surface area contributed by atoms with Crippen LogP contribution in [0.3, 0.4) is 0 Å². The molecule has 2 heterocycles. The van der Waals surface area contributed by atoms with Gasteiger partial charge in [-0.1, -0.05) is 32.0 Å². The number of hydrogen-bond acceptors (Lipinski definition) is 5. The molecule has 0 fully saturated rings. The summed E-state index contributed by atoms with van der Waals surface area (Å²) >= 11 is 1.17. The molecule has 130 valence electrons. The molecule has 0 bridgehead atoms. The molecule has 2 aromatic heterocycles. The Morgan fingerprint density at radius 2 is 1.72 bits per heavy atom. The Hall–Kier alpha value is -2.38. The van der Waals surface area contributed by atoms with Crippen LogP contribution >= 0.6 is 11.3 Å². The fraction of sp³-hybridized carbons (Fsp3) is 0.167. The number of rotatable bonds is 6. The largest absolute Gasteiger partial charge is 0.340 e. The molecule has 7 heteroatoms. The lowest BCUT2D eigenvalue weighted by Gasteiger charge is -2.10. The van der Waals surface area contributed by atoms with Gasteiger partial charge in [0.1, 0.15) is 10.0 Å². The summed E-state index contributed by atoms with van der Waals surface area (Å²) in [5.41, 5.74) is 2.63. The monoisotopic (exact) mass is 373 g/mol. The molecule has 0 radical (unpaired) electrons. The summed E-state index contributed by atoms with van der Waals surface area (Å²) in [5.74, 6) is 1.14. The highest BCUT2D eigenvalue weighted by Crippen LogP contribution is 2.22. The molecule has 0 saturated heterocycles. The van der Waals surface area contributed by atoms with Gasteiger partial charge in [-0.3, -0.25) is 4.72 Å². The Morgan fingerprint density at radius 3 is 2.28 bits per heavy atom. The first kappa shape index (κ1) is 17.4. The van der Waals surface area contributed by atoms with Crippen molar-refractivity contribution in [3.8, 4) is 0 Å². The summed E-state index contributed by atoms with van der Waals surface area (Å²) in [6.45, 7) is 4.31. The SMILES string of the molecule is CC(C)c1ccc(Nc2ccc(NS(=O)(=O)c3cccs3)cn2)cc1. The van der Waals surface area contributed by atoms with Gasteiger partial charge < -0.3 is 5.32 Å². The van der Waals surface area contributed by atoms with E-state index in [0.717, 1.165) is 5.69 Å². The molecule has 1 aromatic carbocycles. The van der Waals surface area contributed by atoms with Gasteiger partial charge in [-0.15, -0.1) is 11.3 Å². The molecule has 25 heavy (non-hydrogen) atoms. The van der Waals surface area contributed by atoms with Crippen LogP contribution in [0.4, 0.5) is 17.2 Å². The fourth-order valence-electron chi connectivity index (χ4n) is 2.25. The van der Waals surface area contributed by atoms with E-state index in [2.05, 4.69) is 41.0 Å². The lowest BCUT2D eigenvalue weighted by atomic mass is 10.0. The van der Waals surface area contributed by atoms with Crippen molar-refractivity contribution in [2.75, 3.05) is 10.0 Å². The standard InChI is InChI=1S/C18H19N3O2S2/c1-13(2)14-5-7-15(8-6-14)20-17-10-9-16(12-19-17)21-25(22,23)18-4-3-11-24-18/h3-13,21H,1-2H3,(H,19,20). The van der Waals surface area contributed by atoms with Crippen LogP contribution in [0.25, 0.3) is 0 Å². The molecular weight excluding hydrogens is 354 g/mol. The average Bonchev–Trinajstić information content (AvgIpc) is 3.12. The van der Waals surface area contributed by atoms with E-state index in [0.29, 0.717) is 17.4 Å². The molecule has 2 N–H and O–H groups in total. The van der Waals surface area contributed by atoms with E-state index in [1.54, 1.807) is 29.6 Å². The number of nitrogens with one attached hydrogen (secondary N) is 2. The number of aromatic nitrogens is 1. The molecule has 0 aliphatic carbocycles. The summed E-state index contributed by atoms with van der Waals surface area (Å²) in [4.78, 5) is 4.26. The normalized spacial score (nSPS) is 11.5. The summed E-state index contributed by atoms with van der Waals surface area (Å²) in [6.07, 6.45) is 1.50. The van der Waals surface area contributed by atoms with E-state index in [1.807, 2.05) is 12.1 Å². The van der Waals surface area contributed by atoms with Crippen molar-refractivity contribution < 1.29 is 8.42 Å². The number of pyridine rings is 1. The van der Waals surface area contributed by atoms with E-state index in [-0.39, 0.29) is 4.21 Å². The zero-order valence-electron chi connectivity index (χ0n) is 13.9. The van der Waals surface area contributed by atoms with Crippen LogP contribution < -0.4 is 10.0 Å². The van der Waals surface area contributed by atoms with Crippen LogP contribution in [0.5, 0.6) is 0 Å². The van der Waals surface area contributed by atoms with Crippen LogP contribution in [-0.2, 0) is 10.0 Å². The van der Waals surface area contributed by atoms with Gasteiger partial charge in [0, 0.05) is 5.69 Å².